The Morgan fingerprint density at radius 1 is 1.22 bits per heavy atom. The van der Waals surface area contributed by atoms with Gasteiger partial charge in [0.25, 0.3) is 0 Å². The van der Waals surface area contributed by atoms with E-state index in [1.54, 1.807) is 12.1 Å². The van der Waals surface area contributed by atoms with E-state index in [9.17, 15) is 4.39 Å². The Morgan fingerprint density at radius 2 is 1.94 bits per heavy atom. The van der Waals surface area contributed by atoms with Gasteiger partial charge in [-0.3, -0.25) is 0 Å². The van der Waals surface area contributed by atoms with E-state index in [0.29, 0.717) is 23.9 Å². The van der Waals surface area contributed by atoms with Crippen LogP contribution < -0.4 is 0 Å². The van der Waals surface area contributed by atoms with Gasteiger partial charge in [0.15, 0.2) is 0 Å². The fourth-order valence-corrected chi connectivity index (χ4v) is 2.32. The third-order valence-corrected chi connectivity index (χ3v) is 3.41. The Morgan fingerprint density at radius 3 is 2.61 bits per heavy atom. The number of alkyl halides is 1. The molecule has 1 aromatic heterocycles. The second-order valence-corrected chi connectivity index (χ2v) is 4.80. The van der Waals surface area contributed by atoms with Crippen molar-refractivity contribution >= 4 is 11.6 Å². The Kier molecular flexibility index (Phi) is 3.04. The van der Waals surface area contributed by atoms with E-state index in [0.717, 1.165) is 24.5 Å². The van der Waals surface area contributed by atoms with Crippen molar-refractivity contribution in [2.75, 3.05) is 0 Å². The minimum Gasteiger partial charge on any atom is -0.311 e. The van der Waals surface area contributed by atoms with Crippen molar-refractivity contribution < 1.29 is 4.39 Å². The van der Waals surface area contributed by atoms with E-state index < -0.39 is 0 Å². The maximum Gasteiger partial charge on any atom is 0.148 e. The molecular formula is C13H13ClFN3. The highest BCUT2D eigenvalue weighted by Crippen LogP contribution is 2.37. The quantitative estimate of drug-likeness (QED) is 0.796. The molecule has 0 N–H and O–H groups in total. The van der Waals surface area contributed by atoms with Crippen LogP contribution in [-0.2, 0) is 12.3 Å². The Balaban J connectivity index is 1.93. The van der Waals surface area contributed by atoms with Gasteiger partial charge in [0.05, 0.1) is 5.88 Å². The molecule has 0 atom stereocenters. The van der Waals surface area contributed by atoms with Crippen LogP contribution in [0.25, 0.3) is 0 Å². The first kappa shape index (κ1) is 11.7. The van der Waals surface area contributed by atoms with Crippen molar-refractivity contribution in [3.63, 3.8) is 0 Å². The summed E-state index contributed by atoms with van der Waals surface area (Å²) in [5.41, 5.74) is 0.646. The summed E-state index contributed by atoms with van der Waals surface area (Å²) in [4.78, 5) is 0. The van der Waals surface area contributed by atoms with Crippen LogP contribution in [-0.4, -0.2) is 14.8 Å². The Hall–Kier alpha value is -1.42. The lowest BCUT2D eigenvalue weighted by molar-refractivity contribution is 0.605. The van der Waals surface area contributed by atoms with Crippen LogP contribution in [0.1, 0.15) is 36.1 Å². The third-order valence-electron chi connectivity index (χ3n) is 3.17. The number of nitrogens with zero attached hydrogens (tertiary/aromatic N) is 3. The lowest BCUT2D eigenvalue weighted by Gasteiger charge is -2.08. The summed E-state index contributed by atoms with van der Waals surface area (Å²) in [6.07, 6.45) is 2.73. The van der Waals surface area contributed by atoms with Gasteiger partial charge in [0.1, 0.15) is 17.5 Å². The summed E-state index contributed by atoms with van der Waals surface area (Å²) in [7, 11) is 0. The minimum absolute atomic E-state index is 0.199. The van der Waals surface area contributed by atoms with Crippen molar-refractivity contribution in [3.8, 4) is 0 Å². The zero-order valence-electron chi connectivity index (χ0n) is 9.81. The van der Waals surface area contributed by atoms with E-state index in [4.69, 9.17) is 11.6 Å². The van der Waals surface area contributed by atoms with Gasteiger partial charge in [0, 0.05) is 12.5 Å². The van der Waals surface area contributed by atoms with Gasteiger partial charge < -0.3 is 4.57 Å². The number of hydrogen-bond acceptors (Lipinski definition) is 2. The highest BCUT2D eigenvalue weighted by Gasteiger charge is 2.29. The molecule has 1 aromatic carbocycles. The zero-order chi connectivity index (χ0) is 12.5. The summed E-state index contributed by atoms with van der Waals surface area (Å²) in [6, 6.07) is 7.22. The van der Waals surface area contributed by atoms with Crippen molar-refractivity contribution in [3.05, 3.63) is 47.3 Å². The summed E-state index contributed by atoms with van der Waals surface area (Å²) in [6.45, 7) is 0. The zero-order valence-corrected chi connectivity index (χ0v) is 10.6. The molecule has 3 nitrogen and oxygen atoms in total. The summed E-state index contributed by atoms with van der Waals surface area (Å²) in [5, 5.41) is 8.23. The molecule has 18 heavy (non-hydrogen) atoms. The van der Waals surface area contributed by atoms with Gasteiger partial charge in [-0.2, -0.15) is 0 Å². The largest absolute Gasteiger partial charge is 0.311 e. The van der Waals surface area contributed by atoms with Crippen LogP contribution in [0.3, 0.4) is 0 Å². The van der Waals surface area contributed by atoms with Crippen LogP contribution >= 0.6 is 11.6 Å². The first-order valence-corrected chi connectivity index (χ1v) is 6.55. The van der Waals surface area contributed by atoms with Crippen molar-refractivity contribution in [1.82, 2.24) is 14.8 Å². The molecule has 1 aliphatic rings. The molecule has 2 aromatic rings. The number of benzene rings is 1. The van der Waals surface area contributed by atoms with E-state index in [1.807, 2.05) is 6.07 Å². The molecule has 0 saturated heterocycles. The molecule has 1 heterocycles. The van der Waals surface area contributed by atoms with Crippen molar-refractivity contribution in [2.45, 2.75) is 31.2 Å². The lowest BCUT2D eigenvalue weighted by atomic mass is 10.1. The highest BCUT2D eigenvalue weighted by molar-refractivity contribution is 6.16. The van der Waals surface area contributed by atoms with Crippen LogP contribution in [0.15, 0.2) is 24.3 Å². The number of aromatic nitrogens is 3. The Labute approximate surface area is 110 Å². The van der Waals surface area contributed by atoms with E-state index in [1.165, 1.54) is 6.07 Å². The van der Waals surface area contributed by atoms with Crippen LogP contribution in [0, 0.1) is 5.82 Å². The van der Waals surface area contributed by atoms with Crippen LogP contribution in [0.2, 0.25) is 0 Å². The molecule has 1 saturated carbocycles. The normalized spacial score (nSPS) is 15.0. The maximum atomic E-state index is 13.6. The van der Waals surface area contributed by atoms with Gasteiger partial charge in [-0.1, -0.05) is 18.2 Å². The monoisotopic (exact) mass is 265 g/mol. The number of halogens is 2. The smallest absolute Gasteiger partial charge is 0.148 e. The first-order valence-electron chi connectivity index (χ1n) is 6.01. The second-order valence-electron chi connectivity index (χ2n) is 4.54. The number of rotatable bonds is 4. The van der Waals surface area contributed by atoms with Gasteiger partial charge in [-0.15, -0.1) is 21.8 Å². The van der Waals surface area contributed by atoms with E-state index in [2.05, 4.69) is 14.8 Å². The van der Waals surface area contributed by atoms with Gasteiger partial charge in [-0.05, 0) is 24.5 Å². The molecule has 1 aliphatic carbocycles. The van der Waals surface area contributed by atoms with Crippen LogP contribution in [0.5, 0.6) is 0 Å². The molecule has 0 aliphatic heterocycles. The van der Waals surface area contributed by atoms with E-state index in [-0.39, 0.29) is 5.82 Å². The van der Waals surface area contributed by atoms with Crippen molar-refractivity contribution in [2.24, 2.45) is 0 Å². The maximum absolute atomic E-state index is 13.6. The average molecular weight is 266 g/mol. The molecule has 5 heteroatoms. The topological polar surface area (TPSA) is 30.7 Å². The third kappa shape index (κ3) is 2.12. The Bertz CT molecular complexity index is 563. The van der Waals surface area contributed by atoms with Gasteiger partial charge >= 0.3 is 0 Å². The average Bonchev–Trinajstić information content (AvgIpc) is 3.14. The van der Waals surface area contributed by atoms with E-state index >= 15 is 0 Å². The molecule has 0 amide bonds. The minimum atomic E-state index is -0.199. The number of hydrogen-bond donors (Lipinski definition) is 0. The molecule has 94 valence electrons. The van der Waals surface area contributed by atoms with Crippen molar-refractivity contribution in [1.29, 1.82) is 0 Å². The first-order chi connectivity index (χ1) is 8.79. The molecule has 0 unspecified atom stereocenters. The predicted octanol–water partition coefficient (Wildman–Crippen LogP) is 3.08. The molecule has 1 fully saturated rings. The molecule has 3 rings (SSSR count). The second kappa shape index (κ2) is 4.69. The standard InChI is InChI=1S/C13H13ClFN3/c14-8-13-17-16-12(18(13)10-5-6-10)7-9-3-1-2-4-11(9)15/h1-4,10H,5-8H2. The fraction of sp³-hybridized carbons (Fsp3) is 0.385. The fourth-order valence-electron chi connectivity index (χ4n) is 2.14. The molecule has 0 bridgehead atoms. The highest BCUT2D eigenvalue weighted by atomic mass is 35.5. The molecule has 0 spiro atoms. The SMILES string of the molecule is Fc1ccccc1Cc1nnc(CCl)n1C1CC1. The van der Waals surface area contributed by atoms with Gasteiger partial charge in [-0.25, -0.2) is 4.39 Å². The summed E-state index contributed by atoms with van der Waals surface area (Å²) < 4.78 is 15.7. The lowest BCUT2D eigenvalue weighted by Crippen LogP contribution is -2.06. The van der Waals surface area contributed by atoms with Crippen LogP contribution in [0.4, 0.5) is 4.39 Å². The molecule has 0 radical (unpaired) electrons. The molecular weight excluding hydrogens is 253 g/mol. The summed E-state index contributed by atoms with van der Waals surface area (Å²) >= 11 is 5.85. The van der Waals surface area contributed by atoms with Gasteiger partial charge in [0.2, 0.25) is 0 Å². The summed E-state index contributed by atoms with van der Waals surface area (Å²) in [5.74, 6) is 1.74. The predicted molar refractivity (Wildman–Crippen MR) is 67.1 cm³/mol.